The average molecular weight is 838 g/mol. The van der Waals surface area contributed by atoms with Crippen molar-refractivity contribution in [2.45, 2.75) is 200 Å². The van der Waals surface area contributed by atoms with E-state index in [-0.39, 0.29) is 26.1 Å². The molecule has 0 fully saturated rings. The van der Waals surface area contributed by atoms with Crippen LogP contribution in [-0.4, -0.2) is 70.0 Å². The summed E-state index contributed by atoms with van der Waals surface area (Å²) in [5, 5.41) is 0. The van der Waals surface area contributed by atoms with Gasteiger partial charge in [0.05, 0.1) is 27.7 Å². The van der Waals surface area contributed by atoms with Gasteiger partial charge in [0.2, 0.25) is 0 Å². The number of nitrogens with zero attached hydrogens (tertiary/aromatic N) is 1. The van der Waals surface area contributed by atoms with Gasteiger partial charge in [-0.2, -0.15) is 0 Å². The highest BCUT2D eigenvalue weighted by atomic mass is 31.2. The Kier molecular flexibility index (Phi) is 39.0. The number of ether oxygens (including phenoxy) is 2. The number of rotatable bonds is 42. The quantitative estimate of drug-likeness (QED) is 0.0196. The first-order valence-corrected chi connectivity index (χ1v) is 24.8. The Balaban J connectivity index is 4.39. The lowest BCUT2D eigenvalue weighted by molar-refractivity contribution is -0.870. The van der Waals surface area contributed by atoms with Crippen molar-refractivity contribution < 1.29 is 42.1 Å². The number of hydrogen-bond acceptors (Lipinski definition) is 8. The van der Waals surface area contributed by atoms with E-state index in [1.165, 1.54) is 103 Å². The summed E-state index contributed by atoms with van der Waals surface area (Å²) in [5.41, 5.74) is 0. The molecule has 2 atom stereocenters. The van der Waals surface area contributed by atoms with Gasteiger partial charge < -0.3 is 27.9 Å². The average Bonchev–Trinajstić information content (AvgIpc) is 3.17. The molecule has 0 aliphatic rings. The number of phosphoric acid groups is 1. The van der Waals surface area contributed by atoms with E-state index in [1.807, 2.05) is 21.1 Å². The molecule has 0 aromatic heterocycles. The molecule has 0 saturated heterocycles. The maximum Gasteiger partial charge on any atom is 0.306 e. The number of hydrogen-bond donors (Lipinski definition) is 0. The standard InChI is InChI=1S/C48H88NO8P/c1-6-8-10-12-14-16-18-20-22-23-24-25-27-29-31-33-35-37-39-41-48(51)57-46(45-56-58(52,53)55-43-42-49(3,4)5)44-54-47(50)40-38-36-34-32-30-28-26-21-19-17-15-13-11-9-7-2/h14,16,20,22,24-25,29,31,46H,6-13,15,17-19,21,23,26-28,30,32-45H2,1-5H3/b16-14-,22-20-,25-24-,31-29-. The summed E-state index contributed by atoms with van der Waals surface area (Å²) in [6.45, 7) is 4.17. The summed E-state index contributed by atoms with van der Waals surface area (Å²) in [4.78, 5) is 37.6. The van der Waals surface area contributed by atoms with Crippen LogP contribution in [0.25, 0.3) is 0 Å². The van der Waals surface area contributed by atoms with Crippen molar-refractivity contribution in [3.05, 3.63) is 48.6 Å². The molecule has 0 bridgehead atoms. The molecule has 0 aromatic carbocycles. The monoisotopic (exact) mass is 838 g/mol. The summed E-state index contributed by atoms with van der Waals surface area (Å²) in [6.07, 6.45) is 47.0. The molecule has 0 amide bonds. The van der Waals surface area contributed by atoms with E-state index in [0.29, 0.717) is 17.4 Å². The normalized spacial score (nSPS) is 14.0. The largest absolute Gasteiger partial charge is 0.756 e. The van der Waals surface area contributed by atoms with Gasteiger partial charge in [-0.15, -0.1) is 0 Å². The number of likely N-dealkylation sites (N-methyl/N-ethyl adjacent to an activating group) is 1. The van der Waals surface area contributed by atoms with Crippen LogP contribution in [0.5, 0.6) is 0 Å². The maximum absolute atomic E-state index is 12.7. The summed E-state index contributed by atoms with van der Waals surface area (Å²) in [5.74, 6) is -0.867. The SMILES string of the molecule is CCCCC/C=C\C/C=C\C/C=C\C/C=C\CCCCCC(=O)OC(COC(=O)CCCCCCCCCCCCCCCCC)COP(=O)([O-])OCC[N+](C)(C)C. The van der Waals surface area contributed by atoms with Crippen LogP contribution in [0.2, 0.25) is 0 Å². The summed E-state index contributed by atoms with van der Waals surface area (Å²) in [6, 6.07) is 0. The van der Waals surface area contributed by atoms with Crippen LogP contribution in [0.1, 0.15) is 194 Å². The molecule has 10 heteroatoms. The van der Waals surface area contributed by atoms with Crippen molar-refractivity contribution in [1.82, 2.24) is 0 Å². The number of esters is 2. The van der Waals surface area contributed by atoms with Gasteiger partial charge in [0.25, 0.3) is 7.82 Å². The van der Waals surface area contributed by atoms with Gasteiger partial charge in [0, 0.05) is 12.8 Å². The predicted molar refractivity (Wildman–Crippen MR) is 240 cm³/mol. The lowest BCUT2D eigenvalue weighted by Gasteiger charge is -2.28. The predicted octanol–water partition coefficient (Wildman–Crippen LogP) is 12.8. The van der Waals surface area contributed by atoms with Gasteiger partial charge in [0.1, 0.15) is 19.8 Å². The molecule has 338 valence electrons. The third-order valence-corrected chi connectivity index (χ3v) is 10.8. The minimum absolute atomic E-state index is 0.0377. The minimum Gasteiger partial charge on any atom is -0.756 e. The number of phosphoric ester groups is 1. The number of quaternary nitrogens is 1. The molecule has 58 heavy (non-hydrogen) atoms. The summed E-state index contributed by atoms with van der Waals surface area (Å²) < 4.78 is 33.9. The molecule has 0 aromatic rings. The Hall–Kier alpha value is -2.03. The topological polar surface area (TPSA) is 111 Å². The molecule has 0 aliphatic carbocycles. The fourth-order valence-electron chi connectivity index (χ4n) is 6.17. The molecule has 0 heterocycles. The van der Waals surface area contributed by atoms with E-state index in [0.717, 1.165) is 57.8 Å². The zero-order valence-corrected chi connectivity index (χ0v) is 38.9. The number of unbranched alkanes of at least 4 members (excludes halogenated alkanes) is 20. The highest BCUT2D eigenvalue weighted by Gasteiger charge is 2.21. The molecule has 9 nitrogen and oxygen atoms in total. The zero-order chi connectivity index (χ0) is 42.8. The Morgan fingerprint density at radius 3 is 1.41 bits per heavy atom. The van der Waals surface area contributed by atoms with E-state index in [2.05, 4.69) is 62.5 Å². The van der Waals surface area contributed by atoms with Gasteiger partial charge >= 0.3 is 11.9 Å². The fourth-order valence-corrected chi connectivity index (χ4v) is 6.90. The van der Waals surface area contributed by atoms with Crippen LogP contribution in [0.3, 0.4) is 0 Å². The van der Waals surface area contributed by atoms with Crippen molar-refractivity contribution in [2.75, 3.05) is 47.5 Å². The highest BCUT2D eigenvalue weighted by Crippen LogP contribution is 2.38. The fraction of sp³-hybridized carbons (Fsp3) is 0.792. The molecule has 0 radical (unpaired) electrons. The van der Waals surface area contributed by atoms with Gasteiger partial charge in [-0.3, -0.25) is 14.2 Å². The van der Waals surface area contributed by atoms with Gasteiger partial charge in [-0.05, 0) is 57.8 Å². The van der Waals surface area contributed by atoms with Crippen LogP contribution in [-0.2, 0) is 32.7 Å². The smallest absolute Gasteiger partial charge is 0.306 e. The van der Waals surface area contributed by atoms with Crippen molar-refractivity contribution in [2.24, 2.45) is 0 Å². The first-order chi connectivity index (χ1) is 28.0. The first kappa shape index (κ1) is 56.0. The van der Waals surface area contributed by atoms with E-state index in [9.17, 15) is 19.0 Å². The second-order valence-corrected chi connectivity index (χ2v) is 18.2. The van der Waals surface area contributed by atoms with Crippen LogP contribution >= 0.6 is 7.82 Å². The number of carbonyl (C=O) groups excluding carboxylic acids is 2. The number of carbonyl (C=O) groups is 2. The highest BCUT2D eigenvalue weighted by molar-refractivity contribution is 7.45. The Labute approximate surface area is 356 Å². The van der Waals surface area contributed by atoms with Gasteiger partial charge in [0.15, 0.2) is 6.10 Å². The molecule has 0 rings (SSSR count). The van der Waals surface area contributed by atoms with Crippen LogP contribution < -0.4 is 4.89 Å². The molecule has 0 N–H and O–H groups in total. The number of allylic oxidation sites excluding steroid dienone is 8. The third kappa shape index (κ3) is 43.5. The Bertz CT molecular complexity index is 1130. The molecular formula is C48H88NO8P. The molecule has 0 aliphatic heterocycles. The maximum atomic E-state index is 12.7. The summed E-state index contributed by atoms with van der Waals surface area (Å²) >= 11 is 0. The first-order valence-electron chi connectivity index (χ1n) is 23.3. The third-order valence-electron chi connectivity index (χ3n) is 9.85. The molecule has 0 saturated carbocycles. The molecule has 2 unspecified atom stereocenters. The zero-order valence-electron chi connectivity index (χ0n) is 38.0. The van der Waals surface area contributed by atoms with Crippen LogP contribution in [0, 0.1) is 0 Å². The van der Waals surface area contributed by atoms with Crippen LogP contribution in [0.15, 0.2) is 48.6 Å². The Morgan fingerprint density at radius 1 is 0.534 bits per heavy atom. The lowest BCUT2D eigenvalue weighted by atomic mass is 10.0. The van der Waals surface area contributed by atoms with E-state index in [4.69, 9.17) is 18.5 Å². The lowest BCUT2D eigenvalue weighted by Crippen LogP contribution is -2.37. The second-order valence-electron chi connectivity index (χ2n) is 16.8. The van der Waals surface area contributed by atoms with Crippen molar-refractivity contribution in [3.63, 3.8) is 0 Å². The molecule has 0 spiro atoms. The summed E-state index contributed by atoms with van der Waals surface area (Å²) in [7, 11) is 1.14. The van der Waals surface area contributed by atoms with Gasteiger partial charge in [-0.1, -0.05) is 172 Å². The van der Waals surface area contributed by atoms with Gasteiger partial charge in [-0.25, -0.2) is 0 Å². The van der Waals surface area contributed by atoms with E-state index < -0.39 is 32.5 Å². The van der Waals surface area contributed by atoms with Crippen LogP contribution in [0.4, 0.5) is 0 Å². The van der Waals surface area contributed by atoms with Crippen molar-refractivity contribution in [3.8, 4) is 0 Å². The van der Waals surface area contributed by atoms with E-state index >= 15 is 0 Å². The van der Waals surface area contributed by atoms with Crippen molar-refractivity contribution >= 4 is 19.8 Å². The van der Waals surface area contributed by atoms with E-state index in [1.54, 1.807) is 0 Å². The minimum atomic E-state index is -4.63. The Morgan fingerprint density at radius 2 is 0.931 bits per heavy atom. The molecular weight excluding hydrogens is 750 g/mol. The second kappa shape index (κ2) is 40.4. The van der Waals surface area contributed by atoms with Crippen molar-refractivity contribution in [1.29, 1.82) is 0 Å².